The molecule has 1 amide bonds. The van der Waals surface area contributed by atoms with Gasteiger partial charge in [-0.25, -0.2) is 0 Å². The molecule has 0 fully saturated rings. The number of pyridine rings is 1. The van der Waals surface area contributed by atoms with Gasteiger partial charge in [0.15, 0.2) is 0 Å². The first kappa shape index (κ1) is 10.6. The number of carbonyl (C=O) groups excluding carboxylic acids is 1. The van der Waals surface area contributed by atoms with E-state index >= 15 is 0 Å². The number of benzene rings is 1. The Hall–Kier alpha value is -1.90. The smallest absolute Gasteiger partial charge is 0.251 e. The van der Waals surface area contributed by atoms with Crippen LogP contribution in [0, 0.1) is 0 Å². The first-order valence-corrected chi connectivity index (χ1v) is 5.45. The third-order valence-corrected chi connectivity index (χ3v) is 2.43. The van der Waals surface area contributed by atoms with Crippen LogP contribution in [0.25, 0.3) is 10.9 Å². The van der Waals surface area contributed by atoms with Crippen molar-refractivity contribution in [3.8, 4) is 0 Å². The highest BCUT2D eigenvalue weighted by molar-refractivity contribution is 6.06. The summed E-state index contributed by atoms with van der Waals surface area (Å²) >= 11 is 0. The van der Waals surface area contributed by atoms with Gasteiger partial charge in [0, 0.05) is 23.7 Å². The third kappa shape index (κ3) is 2.03. The quantitative estimate of drug-likeness (QED) is 0.852. The average Bonchev–Trinajstić information content (AvgIpc) is 2.35. The van der Waals surface area contributed by atoms with E-state index in [1.54, 1.807) is 6.20 Å². The molecule has 1 aromatic carbocycles. The zero-order valence-corrected chi connectivity index (χ0v) is 9.23. The van der Waals surface area contributed by atoms with Crippen LogP contribution in [0.5, 0.6) is 0 Å². The summed E-state index contributed by atoms with van der Waals surface area (Å²) in [5.41, 5.74) is 1.55. The van der Waals surface area contributed by atoms with Gasteiger partial charge in [-0.05, 0) is 24.6 Å². The number of rotatable bonds is 3. The fourth-order valence-corrected chi connectivity index (χ4v) is 1.64. The zero-order chi connectivity index (χ0) is 11.4. The van der Waals surface area contributed by atoms with Crippen LogP contribution in [0.1, 0.15) is 23.7 Å². The lowest BCUT2D eigenvalue weighted by Crippen LogP contribution is -2.24. The monoisotopic (exact) mass is 214 g/mol. The Morgan fingerprint density at radius 3 is 3.00 bits per heavy atom. The van der Waals surface area contributed by atoms with Gasteiger partial charge >= 0.3 is 0 Å². The number of hydrogen-bond acceptors (Lipinski definition) is 2. The topological polar surface area (TPSA) is 42.0 Å². The minimum atomic E-state index is -0.0274. The minimum Gasteiger partial charge on any atom is -0.352 e. The number of fused-ring (bicyclic) bond motifs is 1. The van der Waals surface area contributed by atoms with Crippen molar-refractivity contribution in [1.29, 1.82) is 0 Å². The first-order chi connectivity index (χ1) is 7.83. The van der Waals surface area contributed by atoms with Crippen molar-refractivity contribution in [1.82, 2.24) is 10.3 Å². The number of aromatic nitrogens is 1. The number of hydrogen-bond donors (Lipinski definition) is 1. The summed E-state index contributed by atoms with van der Waals surface area (Å²) in [5.74, 6) is -0.0274. The van der Waals surface area contributed by atoms with Gasteiger partial charge in [-0.3, -0.25) is 9.78 Å². The van der Waals surface area contributed by atoms with Crippen LogP contribution in [-0.2, 0) is 0 Å². The summed E-state index contributed by atoms with van der Waals surface area (Å²) in [6.07, 6.45) is 2.67. The number of amides is 1. The van der Waals surface area contributed by atoms with E-state index in [9.17, 15) is 4.79 Å². The fourth-order valence-electron chi connectivity index (χ4n) is 1.64. The molecule has 2 rings (SSSR count). The highest BCUT2D eigenvalue weighted by Gasteiger charge is 2.08. The molecule has 0 radical (unpaired) electrons. The zero-order valence-electron chi connectivity index (χ0n) is 9.23. The molecule has 0 saturated heterocycles. The molecule has 0 saturated carbocycles. The van der Waals surface area contributed by atoms with Gasteiger partial charge in [-0.1, -0.05) is 19.1 Å². The van der Waals surface area contributed by atoms with Gasteiger partial charge in [0.05, 0.1) is 5.52 Å². The first-order valence-electron chi connectivity index (χ1n) is 5.45. The van der Waals surface area contributed by atoms with Crippen LogP contribution < -0.4 is 5.32 Å². The molecule has 3 heteroatoms. The Labute approximate surface area is 94.5 Å². The Bertz CT molecular complexity index is 503. The summed E-state index contributed by atoms with van der Waals surface area (Å²) in [5, 5.41) is 3.78. The van der Waals surface area contributed by atoms with E-state index in [0.29, 0.717) is 12.1 Å². The van der Waals surface area contributed by atoms with Crippen LogP contribution in [0.15, 0.2) is 36.5 Å². The SMILES string of the molecule is CCCNC(=O)c1cccc2ncccc12. The highest BCUT2D eigenvalue weighted by Crippen LogP contribution is 2.15. The van der Waals surface area contributed by atoms with Crippen LogP contribution >= 0.6 is 0 Å². The second-order valence-electron chi connectivity index (χ2n) is 3.63. The Kier molecular flexibility index (Phi) is 3.15. The molecule has 0 unspecified atom stereocenters. The van der Waals surface area contributed by atoms with Crippen molar-refractivity contribution >= 4 is 16.8 Å². The van der Waals surface area contributed by atoms with Gasteiger partial charge in [0.1, 0.15) is 0 Å². The van der Waals surface area contributed by atoms with E-state index in [0.717, 1.165) is 17.3 Å². The summed E-state index contributed by atoms with van der Waals surface area (Å²) < 4.78 is 0. The van der Waals surface area contributed by atoms with Crippen LogP contribution in [0.2, 0.25) is 0 Å². The Balaban J connectivity index is 2.40. The summed E-state index contributed by atoms with van der Waals surface area (Å²) in [6.45, 7) is 2.74. The number of carbonyl (C=O) groups is 1. The van der Waals surface area contributed by atoms with Gasteiger partial charge < -0.3 is 5.32 Å². The lowest BCUT2D eigenvalue weighted by atomic mass is 10.1. The van der Waals surface area contributed by atoms with Gasteiger partial charge in [-0.15, -0.1) is 0 Å². The molecule has 0 aliphatic carbocycles. The molecule has 1 heterocycles. The molecule has 0 aliphatic heterocycles. The van der Waals surface area contributed by atoms with E-state index in [1.165, 1.54) is 0 Å². The van der Waals surface area contributed by atoms with Crippen molar-refractivity contribution in [2.45, 2.75) is 13.3 Å². The van der Waals surface area contributed by atoms with E-state index in [2.05, 4.69) is 10.3 Å². The predicted molar refractivity (Wildman–Crippen MR) is 64.4 cm³/mol. The summed E-state index contributed by atoms with van der Waals surface area (Å²) in [7, 11) is 0. The molecule has 1 N–H and O–H groups in total. The average molecular weight is 214 g/mol. The molecular weight excluding hydrogens is 200 g/mol. The van der Waals surface area contributed by atoms with Crippen LogP contribution in [0.4, 0.5) is 0 Å². The molecule has 1 aromatic heterocycles. The van der Waals surface area contributed by atoms with Gasteiger partial charge in [0.25, 0.3) is 5.91 Å². The predicted octanol–water partition coefficient (Wildman–Crippen LogP) is 2.37. The molecule has 2 aromatic rings. The normalized spacial score (nSPS) is 10.3. The van der Waals surface area contributed by atoms with Crippen molar-refractivity contribution in [2.24, 2.45) is 0 Å². The highest BCUT2D eigenvalue weighted by atomic mass is 16.1. The molecule has 0 aliphatic rings. The maximum atomic E-state index is 11.9. The summed E-state index contributed by atoms with van der Waals surface area (Å²) in [6, 6.07) is 9.36. The molecular formula is C13H14N2O. The lowest BCUT2D eigenvalue weighted by Gasteiger charge is -2.06. The van der Waals surface area contributed by atoms with E-state index in [1.807, 2.05) is 37.3 Å². The fraction of sp³-hybridized carbons (Fsp3) is 0.231. The van der Waals surface area contributed by atoms with Crippen molar-refractivity contribution in [3.05, 3.63) is 42.1 Å². The summed E-state index contributed by atoms with van der Waals surface area (Å²) in [4.78, 5) is 16.1. The third-order valence-electron chi connectivity index (χ3n) is 2.43. The number of nitrogens with one attached hydrogen (secondary N) is 1. The molecule has 82 valence electrons. The lowest BCUT2D eigenvalue weighted by molar-refractivity contribution is 0.0955. The van der Waals surface area contributed by atoms with E-state index in [4.69, 9.17) is 0 Å². The van der Waals surface area contributed by atoms with Gasteiger partial charge in [0.2, 0.25) is 0 Å². The molecule has 3 nitrogen and oxygen atoms in total. The van der Waals surface area contributed by atoms with Crippen molar-refractivity contribution in [2.75, 3.05) is 6.54 Å². The van der Waals surface area contributed by atoms with Gasteiger partial charge in [-0.2, -0.15) is 0 Å². The minimum absolute atomic E-state index is 0.0274. The van der Waals surface area contributed by atoms with Crippen molar-refractivity contribution < 1.29 is 4.79 Å². The molecule has 16 heavy (non-hydrogen) atoms. The molecule has 0 atom stereocenters. The Morgan fingerprint density at radius 2 is 2.19 bits per heavy atom. The van der Waals surface area contributed by atoms with Crippen LogP contribution in [0.3, 0.4) is 0 Å². The molecule has 0 spiro atoms. The maximum absolute atomic E-state index is 11.9. The second-order valence-corrected chi connectivity index (χ2v) is 3.63. The van der Waals surface area contributed by atoms with Crippen LogP contribution in [-0.4, -0.2) is 17.4 Å². The number of nitrogens with zero attached hydrogens (tertiary/aromatic N) is 1. The van der Waals surface area contributed by atoms with Crippen molar-refractivity contribution in [3.63, 3.8) is 0 Å². The largest absolute Gasteiger partial charge is 0.352 e. The second kappa shape index (κ2) is 4.75. The van der Waals surface area contributed by atoms with E-state index in [-0.39, 0.29) is 5.91 Å². The maximum Gasteiger partial charge on any atom is 0.251 e. The Morgan fingerprint density at radius 1 is 1.31 bits per heavy atom. The molecule has 0 bridgehead atoms. The van der Waals surface area contributed by atoms with E-state index < -0.39 is 0 Å². The standard InChI is InChI=1S/C13H14N2O/c1-2-8-15-13(16)11-5-3-7-12-10(11)6-4-9-14-12/h3-7,9H,2,8H2,1H3,(H,15,16).